The van der Waals surface area contributed by atoms with Gasteiger partial charge in [-0.05, 0) is 29.8 Å². The number of hydrogen-bond acceptors (Lipinski definition) is 5. The van der Waals surface area contributed by atoms with Crippen LogP contribution in [0.4, 0.5) is 5.69 Å². The predicted molar refractivity (Wildman–Crippen MR) is 105 cm³/mol. The van der Waals surface area contributed by atoms with E-state index in [0.29, 0.717) is 22.7 Å². The second-order valence-electron chi connectivity index (χ2n) is 6.63. The molecule has 0 aliphatic carbocycles. The van der Waals surface area contributed by atoms with Gasteiger partial charge >= 0.3 is 5.97 Å². The quantitative estimate of drug-likeness (QED) is 0.739. The molecule has 2 atom stereocenters. The number of methoxy groups -OCH3 is 2. The number of carboxylic acids is 1. The minimum atomic E-state index is -1.22. The molecule has 152 valence electrons. The Morgan fingerprint density at radius 3 is 2.41 bits per heavy atom. The van der Waals surface area contributed by atoms with Crippen molar-refractivity contribution in [3.63, 3.8) is 0 Å². The zero-order valence-corrected chi connectivity index (χ0v) is 16.1. The summed E-state index contributed by atoms with van der Waals surface area (Å²) >= 11 is 0. The zero-order chi connectivity index (χ0) is 21.0. The largest absolute Gasteiger partial charge is 0.497 e. The summed E-state index contributed by atoms with van der Waals surface area (Å²) in [6.07, 6.45) is -0.00116. The first-order valence-electron chi connectivity index (χ1n) is 9.05. The Kier molecular flexibility index (Phi) is 6.01. The number of benzene rings is 2. The minimum absolute atomic E-state index is 0.00116. The maximum atomic E-state index is 12.7. The molecule has 1 heterocycles. The van der Waals surface area contributed by atoms with Crippen LogP contribution in [0.15, 0.2) is 48.5 Å². The number of aliphatic carboxylic acids is 1. The first kappa shape index (κ1) is 20.2. The Morgan fingerprint density at radius 2 is 1.79 bits per heavy atom. The predicted octanol–water partition coefficient (Wildman–Crippen LogP) is 2.00. The Labute approximate surface area is 168 Å². The summed E-state index contributed by atoms with van der Waals surface area (Å²) in [4.78, 5) is 38.4. The van der Waals surface area contributed by atoms with Gasteiger partial charge in [-0.3, -0.25) is 9.59 Å². The zero-order valence-electron chi connectivity index (χ0n) is 16.1. The van der Waals surface area contributed by atoms with E-state index in [1.807, 2.05) is 0 Å². The maximum Gasteiger partial charge on any atom is 0.330 e. The van der Waals surface area contributed by atoms with Crippen LogP contribution in [0.1, 0.15) is 18.0 Å². The van der Waals surface area contributed by atoms with Gasteiger partial charge in [-0.2, -0.15) is 0 Å². The average Bonchev–Trinajstić information content (AvgIpc) is 3.13. The molecule has 1 aliphatic rings. The van der Waals surface area contributed by atoms with Crippen LogP contribution in [-0.2, 0) is 14.4 Å². The third-order valence-corrected chi connectivity index (χ3v) is 4.85. The molecule has 8 nitrogen and oxygen atoms in total. The fourth-order valence-electron chi connectivity index (χ4n) is 3.31. The van der Waals surface area contributed by atoms with Crippen molar-refractivity contribution in [2.24, 2.45) is 5.92 Å². The number of nitrogens with one attached hydrogen (secondary N) is 1. The van der Waals surface area contributed by atoms with Crippen LogP contribution in [0.2, 0.25) is 0 Å². The Balaban J connectivity index is 1.74. The lowest BCUT2D eigenvalue weighted by atomic mass is 10.0. The van der Waals surface area contributed by atoms with Crippen LogP contribution in [0.5, 0.6) is 11.5 Å². The van der Waals surface area contributed by atoms with Crippen molar-refractivity contribution in [1.82, 2.24) is 5.32 Å². The van der Waals surface area contributed by atoms with Crippen LogP contribution >= 0.6 is 0 Å². The number of anilines is 1. The van der Waals surface area contributed by atoms with E-state index < -0.39 is 23.8 Å². The van der Waals surface area contributed by atoms with Gasteiger partial charge in [-0.15, -0.1) is 0 Å². The molecule has 2 N–H and O–H groups in total. The van der Waals surface area contributed by atoms with E-state index in [1.165, 1.54) is 19.1 Å². The number of carbonyl (C=O) groups is 3. The van der Waals surface area contributed by atoms with Crippen LogP contribution in [0, 0.1) is 5.92 Å². The van der Waals surface area contributed by atoms with Gasteiger partial charge < -0.3 is 24.8 Å². The first-order valence-corrected chi connectivity index (χ1v) is 9.05. The van der Waals surface area contributed by atoms with Crippen molar-refractivity contribution in [3.8, 4) is 11.5 Å². The molecule has 0 saturated carbocycles. The number of carbonyl (C=O) groups excluding carboxylic acids is 2. The molecule has 29 heavy (non-hydrogen) atoms. The number of amides is 2. The van der Waals surface area contributed by atoms with Crippen LogP contribution in [-0.4, -0.2) is 43.7 Å². The maximum absolute atomic E-state index is 12.7. The van der Waals surface area contributed by atoms with E-state index in [4.69, 9.17) is 9.47 Å². The van der Waals surface area contributed by atoms with Gasteiger partial charge in [-0.1, -0.05) is 24.3 Å². The molecule has 0 bridgehead atoms. The normalized spacial score (nSPS) is 17.0. The summed E-state index contributed by atoms with van der Waals surface area (Å²) in [6.45, 7) is 0.153. The van der Waals surface area contributed by atoms with Crippen molar-refractivity contribution in [1.29, 1.82) is 0 Å². The average molecular weight is 398 g/mol. The summed E-state index contributed by atoms with van der Waals surface area (Å²) in [7, 11) is 3.02. The van der Waals surface area contributed by atoms with Crippen molar-refractivity contribution in [3.05, 3.63) is 54.1 Å². The first-order chi connectivity index (χ1) is 13.9. The fourth-order valence-corrected chi connectivity index (χ4v) is 3.31. The van der Waals surface area contributed by atoms with E-state index in [0.717, 1.165) is 0 Å². The number of carboxylic acid groups (broad SMARTS) is 1. The molecule has 8 heteroatoms. The molecular weight excluding hydrogens is 376 g/mol. The highest BCUT2D eigenvalue weighted by Crippen LogP contribution is 2.33. The Morgan fingerprint density at radius 1 is 1.10 bits per heavy atom. The van der Waals surface area contributed by atoms with Crippen molar-refractivity contribution in [2.75, 3.05) is 25.7 Å². The molecule has 1 saturated heterocycles. The van der Waals surface area contributed by atoms with Crippen molar-refractivity contribution < 1.29 is 29.0 Å². The van der Waals surface area contributed by atoms with Crippen molar-refractivity contribution >= 4 is 23.5 Å². The molecule has 0 spiro atoms. The molecule has 1 aliphatic heterocycles. The lowest BCUT2D eigenvalue weighted by Gasteiger charge is -2.20. The van der Waals surface area contributed by atoms with E-state index in [-0.39, 0.29) is 18.9 Å². The van der Waals surface area contributed by atoms with Gasteiger partial charge in [-0.25, -0.2) is 4.79 Å². The summed E-state index contributed by atoms with van der Waals surface area (Å²) < 4.78 is 10.4. The van der Waals surface area contributed by atoms with Gasteiger partial charge in [0.05, 0.1) is 25.8 Å². The Bertz CT molecular complexity index is 912. The van der Waals surface area contributed by atoms with Crippen LogP contribution < -0.4 is 19.7 Å². The number of rotatable bonds is 7. The summed E-state index contributed by atoms with van der Waals surface area (Å²) in [5.74, 6) is -1.44. The van der Waals surface area contributed by atoms with Gasteiger partial charge in [0.15, 0.2) is 6.04 Å². The van der Waals surface area contributed by atoms with E-state index in [1.54, 1.807) is 48.5 Å². The number of nitrogens with zero attached hydrogens (tertiary/aromatic N) is 1. The van der Waals surface area contributed by atoms with Crippen LogP contribution in [0.25, 0.3) is 0 Å². The number of para-hydroxylation sites is 2. The molecule has 1 fully saturated rings. The second kappa shape index (κ2) is 8.64. The van der Waals surface area contributed by atoms with Gasteiger partial charge in [0.1, 0.15) is 11.5 Å². The summed E-state index contributed by atoms with van der Waals surface area (Å²) in [5.41, 5.74) is 0.998. The standard InChI is InChI=1S/C21H22N2O6/c1-28-15-9-7-13(8-10-15)19(21(26)27)22-20(25)14-11-18(24)23(12-14)16-5-3-4-6-17(16)29-2/h3-10,14,19H,11-12H2,1-2H3,(H,22,25)(H,26,27). The topological polar surface area (TPSA) is 105 Å². The van der Waals surface area contributed by atoms with E-state index in [9.17, 15) is 19.5 Å². The molecule has 2 aromatic carbocycles. The van der Waals surface area contributed by atoms with Gasteiger partial charge in [0.25, 0.3) is 0 Å². The lowest BCUT2D eigenvalue weighted by molar-refractivity contribution is -0.142. The third-order valence-electron chi connectivity index (χ3n) is 4.85. The highest BCUT2D eigenvalue weighted by molar-refractivity contribution is 6.01. The van der Waals surface area contributed by atoms with Crippen LogP contribution in [0.3, 0.4) is 0 Å². The minimum Gasteiger partial charge on any atom is -0.497 e. The molecular formula is C21H22N2O6. The fraction of sp³-hybridized carbons (Fsp3) is 0.286. The molecule has 2 amide bonds. The van der Waals surface area contributed by atoms with Crippen molar-refractivity contribution in [2.45, 2.75) is 12.5 Å². The highest BCUT2D eigenvalue weighted by atomic mass is 16.5. The molecule has 2 aromatic rings. The molecule has 0 radical (unpaired) electrons. The lowest BCUT2D eigenvalue weighted by Crippen LogP contribution is -2.38. The number of hydrogen-bond donors (Lipinski definition) is 2. The second-order valence-corrected chi connectivity index (χ2v) is 6.63. The Hall–Kier alpha value is -3.55. The third kappa shape index (κ3) is 4.31. The van der Waals surface area contributed by atoms with E-state index >= 15 is 0 Å². The number of ether oxygens (including phenoxy) is 2. The monoisotopic (exact) mass is 398 g/mol. The smallest absolute Gasteiger partial charge is 0.330 e. The summed E-state index contributed by atoms with van der Waals surface area (Å²) in [6, 6.07) is 12.2. The molecule has 3 rings (SSSR count). The van der Waals surface area contributed by atoms with E-state index in [2.05, 4.69) is 5.32 Å². The SMILES string of the molecule is COc1ccc(C(NC(=O)C2CC(=O)N(c3ccccc3OC)C2)C(=O)O)cc1. The van der Waals surface area contributed by atoms with Gasteiger partial charge in [0, 0.05) is 13.0 Å². The van der Waals surface area contributed by atoms with Gasteiger partial charge in [0.2, 0.25) is 11.8 Å². The summed E-state index contributed by atoms with van der Waals surface area (Å²) in [5, 5.41) is 12.1. The molecule has 0 aromatic heterocycles. The highest BCUT2D eigenvalue weighted by Gasteiger charge is 2.37. The molecule has 2 unspecified atom stereocenters.